The summed E-state index contributed by atoms with van der Waals surface area (Å²) in [5.74, 6) is 0.815. The van der Waals surface area contributed by atoms with Gasteiger partial charge in [0.1, 0.15) is 22.9 Å². The van der Waals surface area contributed by atoms with E-state index in [9.17, 15) is 23.1 Å². The van der Waals surface area contributed by atoms with E-state index in [1.54, 1.807) is 6.07 Å². The number of rotatable bonds is 12. The second-order valence-corrected chi connectivity index (χ2v) is 12.6. The fourth-order valence-corrected chi connectivity index (χ4v) is 7.29. The topological polar surface area (TPSA) is 129 Å². The van der Waals surface area contributed by atoms with Crippen molar-refractivity contribution in [2.45, 2.75) is 43.6 Å². The number of anilines is 3. The molecule has 2 aromatic heterocycles. The molecule has 0 amide bonds. The van der Waals surface area contributed by atoms with E-state index in [-0.39, 0.29) is 40.4 Å². The van der Waals surface area contributed by atoms with Gasteiger partial charge in [0.15, 0.2) is 9.96 Å². The monoisotopic (exact) mass is 591 g/mol. The molecule has 9 nitrogen and oxygen atoms in total. The summed E-state index contributed by atoms with van der Waals surface area (Å²) in [6, 6.07) is 21.6. The van der Waals surface area contributed by atoms with Crippen molar-refractivity contribution >= 4 is 38.4 Å². The molecule has 41 heavy (non-hydrogen) atoms. The SMILES string of the molecule is CCC(Nc1c(Nc2csc(S(=O)(=O)N(Cc3ccccc3)Cc3ccccc3)c2O)c(=O)c1=O)c1ccc(C)o1. The standard InChI is InChI=1S/C30H29N3O6S2/c1-3-22(24-15-14-19(2)39-24)31-25-26(29(36)28(25)35)32-23-18-40-30(27(23)34)41(37,38)33(16-20-10-6-4-7-11-20)17-21-12-8-5-9-13-21/h4-15,18,22,31-32,34H,3,16-17H2,1-2H3. The van der Waals surface area contributed by atoms with Crippen molar-refractivity contribution in [3.63, 3.8) is 0 Å². The zero-order valence-corrected chi connectivity index (χ0v) is 24.1. The van der Waals surface area contributed by atoms with Gasteiger partial charge in [0.2, 0.25) is 0 Å². The molecular formula is C30H29N3O6S2. The van der Waals surface area contributed by atoms with E-state index in [4.69, 9.17) is 4.42 Å². The average Bonchev–Trinajstić information content (AvgIpc) is 3.58. The van der Waals surface area contributed by atoms with Crippen LogP contribution < -0.4 is 21.5 Å². The van der Waals surface area contributed by atoms with Crippen molar-refractivity contribution in [2.75, 3.05) is 10.6 Å². The molecule has 0 saturated carbocycles. The Bertz CT molecular complexity index is 1780. The van der Waals surface area contributed by atoms with Crippen LogP contribution in [0, 0.1) is 6.92 Å². The third kappa shape index (κ3) is 5.83. The normalized spacial score (nSPS) is 12.6. The Morgan fingerprint density at radius 2 is 1.49 bits per heavy atom. The molecule has 0 aliphatic rings. The molecule has 3 aromatic carbocycles. The first kappa shape index (κ1) is 28.3. The van der Waals surface area contributed by atoms with Crippen LogP contribution in [0.15, 0.2) is 96.4 Å². The highest BCUT2D eigenvalue weighted by Gasteiger charge is 2.32. The summed E-state index contributed by atoms with van der Waals surface area (Å²) in [6.07, 6.45) is 0.579. The third-order valence-electron chi connectivity index (χ3n) is 6.71. The van der Waals surface area contributed by atoms with Crippen molar-refractivity contribution in [1.82, 2.24) is 4.31 Å². The lowest BCUT2D eigenvalue weighted by atomic mass is 10.1. The van der Waals surface area contributed by atoms with E-state index in [0.717, 1.165) is 22.5 Å². The van der Waals surface area contributed by atoms with Crippen LogP contribution >= 0.6 is 11.3 Å². The maximum absolute atomic E-state index is 13.9. The number of sulfonamides is 1. The van der Waals surface area contributed by atoms with Gasteiger partial charge < -0.3 is 20.2 Å². The molecule has 1 atom stereocenters. The van der Waals surface area contributed by atoms with Crippen LogP contribution in [0.3, 0.4) is 0 Å². The first-order chi connectivity index (χ1) is 19.7. The number of thiophene rings is 1. The molecule has 0 aliphatic carbocycles. The van der Waals surface area contributed by atoms with Crippen LogP contribution in [0.25, 0.3) is 0 Å². The maximum Gasteiger partial charge on any atom is 0.256 e. The number of furan rings is 1. The summed E-state index contributed by atoms with van der Waals surface area (Å²) in [5, 5.41) is 18.3. The van der Waals surface area contributed by atoms with Gasteiger partial charge in [0.25, 0.3) is 20.9 Å². The number of aromatic hydroxyl groups is 1. The van der Waals surface area contributed by atoms with Gasteiger partial charge in [-0.25, -0.2) is 8.42 Å². The Labute approximate surface area is 241 Å². The highest BCUT2D eigenvalue weighted by atomic mass is 32.2. The highest BCUT2D eigenvalue weighted by Crippen LogP contribution is 2.42. The van der Waals surface area contributed by atoms with E-state index in [2.05, 4.69) is 10.6 Å². The molecule has 0 saturated heterocycles. The lowest BCUT2D eigenvalue weighted by molar-refractivity contribution is 0.397. The summed E-state index contributed by atoms with van der Waals surface area (Å²) in [7, 11) is -4.16. The lowest BCUT2D eigenvalue weighted by Gasteiger charge is -2.22. The second kappa shape index (κ2) is 11.7. The molecule has 2 heterocycles. The van der Waals surface area contributed by atoms with Crippen LogP contribution in [0.4, 0.5) is 17.1 Å². The lowest BCUT2D eigenvalue weighted by Crippen LogP contribution is -2.37. The Hall–Kier alpha value is -4.19. The first-order valence-corrected chi connectivity index (χ1v) is 15.3. The molecule has 0 fully saturated rings. The Morgan fingerprint density at radius 3 is 2.02 bits per heavy atom. The second-order valence-electron chi connectivity index (χ2n) is 9.62. The van der Waals surface area contributed by atoms with Gasteiger partial charge in [0.05, 0.1) is 11.7 Å². The maximum atomic E-state index is 13.9. The third-order valence-corrected chi connectivity index (χ3v) is 9.99. The van der Waals surface area contributed by atoms with E-state index in [1.807, 2.05) is 80.6 Å². The van der Waals surface area contributed by atoms with E-state index < -0.39 is 26.6 Å². The summed E-state index contributed by atoms with van der Waals surface area (Å²) in [5.41, 5.74) is 0.150. The minimum Gasteiger partial charge on any atom is -0.504 e. The van der Waals surface area contributed by atoms with E-state index in [0.29, 0.717) is 17.9 Å². The van der Waals surface area contributed by atoms with Crippen LogP contribution in [0.1, 0.15) is 42.0 Å². The molecular weight excluding hydrogens is 562 g/mol. The quantitative estimate of drug-likeness (QED) is 0.159. The molecule has 0 spiro atoms. The molecule has 212 valence electrons. The Morgan fingerprint density at radius 1 is 0.902 bits per heavy atom. The Kier molecular flexibility index (Phi) is 8.11. The van der Waals surface area contributed by atoms with Gasteiger partial charge in [0, 0.05) is 18.5 Å². The summed E-state index contributed by atoms with van der Waals surface area (Å²) in [4.78, 5) is 24.9. The zero-order valence-electron chi connectivity index (χ0n) is 22.5. The number of hydrogen-bond donors (Lipinski definition) is 3. The van der Waals surface area contributed by atoms with E-state index in [1.165, 1.54) is 9.69 Å². The van der Waals surface area contributed by atoms with Gasteiger partial charge >= 0.3 is 0 Å². The van der Waals surface area contributed by atoms with Gasteiger partial charge in [-0.05, 0) is 36.6 Å². The first-order valence-electron chi connectivity index (χ1n) is 13.0. The van der Waals surface area contributed by atoms with Gasteiger partial charge in [-0.2, -0.15) is 4.31 Å². The smallest absolute Gasteiger partial charge is 0.256 e. The number of benzene rings is 2. The molecule has 0 aliphatic heterocycles. The van der Waals surface area contributed by atoms with Crippen molar-refractivity contribution in [1.29, 1.82) is 0 Å². The minimum atomic E-state index is -4.16. The van der Waals surface area contributed by atoms with Crippen LogP contribution in [0.5, 0.6) is 5.75 Å². The Balaban J connectivity index is 1.42. The average molecular weight is 592 g/mol. The minimum absolute atomic E-state index is 0.0185. The van der Waals surface area contributed by atoms with Crippen LogP contribution in [-0.2, 0) is 23.1 Å². The number of nitrogens with zero attached hydrogens (tertiary/aromatic N) is 1. The molecule has 0 bridgehead atoms. The largest absolute Gasteiger partial charge is 0.504 e. The zero-order chi connectivity index (χ0) is 29.1. The van der Waals surface area contributed by atoms with Crippen molar-refractivity contribution in [2.24, 2.45) is 0 Å². The number of hydrogen-bond acceptors (Lipinski definition) is 9. The van der Waals surface area contributed by atoms with Crippen LogP contribution in [-0.4, -0.2) is 17.8 Å². The van der Waals surface area contributed by atoms with Crippen molar-refractivity contribution in [3.8, 4) is 5.75 Å². The fraction of sp³-hybridized carbons (Fsp3) is 0.200. The number of nitrogens with one attached hydrogen (secondary N) is 2. The number of aryl methyl sites for hydroxylation is 1. The predicted molar refractivity (Wildman–Crippen MR) is 160 cm³/mol. The van der Waals surface area contributed by atoms with Crippen LogP contribution in [0.2, 0.25) is 0 Å². The van der Waals surface area contributed by atoms with Gasteiger partial charge in [-0.1, -0.05) is 67.6 Å². The fourth-order valence-electron chi connectivity index (χ4n) is 4.50. The molecule has 11 heteroatoms. The molecule has 0 radical (unpaired) electrons. The predicted octanol–water partition coefficient (Wildman–Crippen LogP) is 5.65. The molecule has 3 N–H and O–H groups in total. The highest BCUT2D eigenvalue weighted by molar-refractivity contribution is 7.91. The molecule has 5 rings (SSSR count). The van der Waals surface area contributed by atoms with Gasteiger partial charge in [-0.3, -0.25) is 9.59 Å². The summed E-state index contributed by atoms with van der Waals surface area (Å²) in [6.45, 7) is 3.91. The van der Waals surface area contributed by atoms with E-state index >= 15 is 0 Å². The van der Waals surface area contributed by atoms with Crippen molar-refractivity contribution in [3.05, 3.63) is 121 Å². The summed E-state index contributed by atoms with van der Waals surface area (Å²) >= 11 is 0.834. The molecule has 1 unspecified atom stereocenters. The van der Waals surface area contributed by atoms with Gasteiger partial charge in [-0.15, -0.1) is 11.3 Å². The summed E-state index contributed by atoms with van der Waals surface area (Å²) < 4.78 is 34.4. The van der Waals surface area contributed by atoms with Crippen molar-refractivity contribution < 1.29 is 17.9 Å². The molecule has 5 aromatic rings.